The van der Waals surface area contributed by atoms with E-state index < -0.39 is 21.7 Å². The van der Waals surface area contributed by atoms with E-state index >= 15 is 0 Å². The first kappa shape index (κ1) is 16.8. The van der Waals surface area contributed by atoms with Crippen molar-refractivity contribution in [2.24, 2.45) is 0 Å². The maximum atomic E-state index is 12.1. The predicted molar refractivity (Wildman–Crippen MR) is 78.7 cm³/mol. The second-order valence-corrected chi connectivity index (χ2v) is 6.86. The Balaban J connectivity index is 2.75. The second kappa shape index (κ2) is 7.49. The topological polar surface area (TPSA) is 86.5 Å². The predicted octanol–water partition coefficient (Wildman–Crippen LogP) is 2.56. The highest BCUT2D eigenvalue weighted by Gasteiger charge is 2.18. The number of carbonyl (C=O) groups is 1. The Kier molecular flexibility index (Phi) is 6.28. The summed E-state index contributed by atoms with van der Waals surface area (Å²) in [6, 6.07) is 4.30. The summed E-state index contributed by atoms with van der Waals surface area (Å²) in [5, 5.41) is 10.3. The standard InChI is InChI=1S/C12H14BrNO5S/c1-8(5-12(15)19-2)20(18)7-9-3-4-10(14(16)17)6-11(9)13/h3-4,6,8H,5,7H2,1-2H3. The van der Waals surface area contributed by atoms with Gasteiger partial charge < -0.3 is 4.74 Å². The van der Waals surface area contributed by atoms with Crippen molar-refractivity contribution in [3.05, 3.63) is 38.3 Å². The number of esters is 1. The number of hydrogen-bond acceptors (Lipinski definition) is 5. The lowest BCUT2D eigenvalue weighted by atomic mass is 10.2. The molecule has 110 valence electrons. The molecule has 20 heavy (non-hydrogen) atoms. The summed E-state index contributed by atoms with van der Waals surface area (Å²) in [7, 11) is 0.0164. The van der Waals surface area contributed by atoms with Crippen molar-refractivity contribution < 1.29 is 18.7 Å². The third kappa shape index (κ3) is 4.68. The Labute approximate surface area is 127 Å². The van der Waals surface area contributed by atoms with Gasteiger partial charge in [-0.15, -0.1) is 0 Å². The van der Waals surface area contributed by atoms with Gasteiger partial charge in [-0.05, 0) is 5.56 Å². The molecule has 0 spiro atoms. The fourth-order valence-electron chi connectivity index (χ4n) is 1.47. The number of hydrogen-bond donors (Lipinski definition) is 0. The van der Waals surface area contributed by atoms with E-state index in [1.54, 1.807) is 13.0 Å². The third-order valence-corrected chi connectivity index (χ3v) is 5.07. The van der Waals surface area contributed by atoms with Gasteiger partial charge in [-0.25, -0.2) is 0 Å². The maximum Gasteiger partial charge on any atom is 0.306 e. The maximum absolute atomic E-state index is 12.1. The summed E-state index contributed by atoms with van der Waals surface area (Å²) >= 11 is 3.23. The molecule has 0 heterocycles. The highest BCUT2D eigenvalue weighted by atomic mass is 79.9. The molecule has 0 saturated carbocycles. The first-order valence-corrected chi connectivity index (χ1v) is 7.89. The Morgan fingerprint density at radius 3 is 2.70 bits per heavy atom. The van der Waals surface area contributed by atoms with Gasteiger partial charge in [0.1, 0.15) is 0 Å². The third-order valence-electron chi connectivity index (χ3n) is 2.68. The monoisotopic (exact) mass is 363 g/mol. The van der Waals surface area contributed by atoms with Crippen LogP contribution in [0, 0.1) is 10.1 Å². The second-order valence-electron chi connectivity index (χ2n) is 4.15. The number of rotatable bonds is 6. The minimum atomic E-state index is -1.27. The number of nitro benzene ring substituents is 1. The molecular formula is C12H14BrNO5S. The fraction of sp³-hybridized carbons (Fsp3) is 0.417. The molecule has 0 N–H and O–H groups in total. The molecule has 0 saturated heterocycles. The summed E-state index contributed by atoms with van der Waals surface area (Å²) in [4.78, 5) is 21.3. The number of nitrogens with zero attached hydrogens (tertiary/aromatic N) is 1. The van der Waals surface area contributed by atoms with Gasteiger partial charge in [-0.3, -0.25) is 19.1 Å². The highest BCUT2D eigenvalue weighted by molar-refractivity contribution is 9.10. The number of non-ortho nitro benzene ring substituents is 1. The van der Waals surface area contributed by atoms with E-state index in [1.165, 1.54) is 19.2 Å². The first-order chi connectivity index (χ1) is 9.35. The van der Waals surface area contributed by atoms with Crippen molar-refractivity contribution in [2.75, 3.05) is 7.11 Å². The van der Waals surface area contributed by atoms with E-state index in [2.05, 4.69) is 20.7 Å². The minimum absolute atomic E-state index is 0.0333. The Hall–Kier alpha value is -1.28. The lowest BCUT2D eigenvalue weighted by Crippen LogP contribution is -2.18. The van der Waals surface area contributed by atoms with Gasteiger partial charge in [-0.1, -0.05) is 28.9 Å². The summed E-state index contributed by atoms with van der Waals surface area (Å²) in [6.45, 7) is 1.70. The van der Waals surface area contributed by atoms with Gasteiger partial charge in [-0.2, -0.15) is 0 Å². The molecule has 0 aliphatic rings. The number of nitro groups is 1. The van der Waals surface area contributed by atoms with Crippen molar-refractivity contribution in [1.29, 1.82) is 0 Å². The van der Waals surface area contributed by atoms with Crippen LogP contribution >= 0.6 is 15.9 Å². The van der Waals surface area contributed by atoms with Crippen LogP contribution in [0.5, 0.6) is 0 Å². The van der Waals surface area contributed by atoms with Gasteiger partial charge in [0.15, 0.2) is 0 Å². The van der Waals surface area contributed by atoms with Crippen LogP contribution in [0.15, 0.2) is 22.7 Å². The first-order valence-electron chi connectivity index (χ1n) is 5.72. The minimum Gasteiger partial charge on any atom is -0.469 e. The van der Waals surface area contributed by atoms with E-state index in [0.29, 0.717) is 10.0 Å². The Morgan fingerprint density at radius 2 is 2.20 bits per heavy atom. The zero-order chi connectivity index (χ0) is 15.3. The van der Waals surface area contributed by atoms with Crippen LogP contribution in [0.4, 0.5) is 5.69 Å². The zero-order valence-electron chi connectivity index (χ0n) is 11.0. The zero-order valence-corrected chi connectivity index (χ0v) is 13.4. The molecule has 0 aromatic heterocycles. The summed E-state index contributed by atoms with van der Waals surface area (Å²) in [6.07, 6.45) is 0.0771. The highest BCUT2D eigenvalue weighted by Crippen LogP contribution is 2.25. The molecule has 0 bridgehead atoms. The van der Waals surface area contributed by atoms with E-state index in [-0.39, 0.29) is 23.1 Å². The molecular weight excluding hydrogens is 350 g/mol. The number of benzene rings is 1. The molecule has 0 aliphatic heterocycles. The normalized spacial score (nSPS) is 13.6. The molecule has 2 unspecified atom stereocenters. The van der Waals surface area contributed by atoms with Crippen molar-refractivity contribution >= 4 is 38.4 Å². The average molecular weight is 364 g/mol. The van der Waals surface area contributed by atoms with E-state index in [9.17, 15) is 19.1 Å². The summed E-state index contributed by atoms with van der Waals surface area (Å²) in [5.41, 5.74) is 0.666. The summed E-state index contributed by atoms with van der Waals surface area (Å²) < 4.78 is 17.1. The molecule has 0 aliphatic carbocycles. The molecule has 1 aromatic rings. The van der Waals surface area contributed by atoms with Crippen LogP contribution in [0.2, 0.25) is 0 Å². The molecule has 2 atom stereocenters. The fourth-order valence-corrected chi connectivity index (χ4v) is 3.33. The van der Waals surface area contributed by atoms with Crippen LogP contribution in [-0.4, -0.2) is 27.5 Å². The van der Waals surface area contributed by atoms with Gasteiger partial charge in [0.25, 0.3) is 5.69 Å². The van der Waals surface area contributed by atoms with Crippen LogP contribution in [0.1, 0.15) is 18.9 Å². The quantitative estimate of drug-likeness (QED) is 0.440. The largest absolute Gasteiger partial charge is 0.469 e. The molecule has 1 aromatic carbocycles. The molecule has 8 heteroatoms. The number of carbonyl (C=O) groups excluding carboxylic acids is 1. The molecule has 0 radical (unpaired) electrons. The van der Waals surface area contributed by atoms with Crippen molar-refractivity contribution in [1.82, 2.24) is 0 Å². The average Bonchev–Trinajstić information content (AvgIpc) is 2.40. The van der Waals surface area contributed by atoms with Crippen molar-refractivity contribution in [3.8, 4) is 0 Å². The Morgan fingerprint density at radius 1 is 1.55 bits per heavy atom. The van der Waals surface area contributed by atoms with Crippen LogP contribution in [-0.2, 0) is 26.1 Å². The lowest BCUT2D eigenvalue weighted by molar-refractivity contribution is -0.384. The van der Waals surface area contributed by atoms with Crippen molar-refractivity contribution in [2.45, 2.75) is 24.3 Å². The summed E-state index contributed by atoms with van der Waals surface area (Å²) in [5.74, 6) is -0.190. The van der Waals surface area contributed by atoms with Gasteiger partial charge in [0.2, 0.25) is 0 Å². The smallest absolute Gasteiger partial charge is 0.306 e. The van der Waals surface area contributed by atoms with Gasteiger partial charge in [0, 0.05) is 38.4 Å². The molecule has 1 rings (SSSR count). The van der Waals surface area contributed by atoms with Gasteiger partial charge >= 0.3 is 5.97 Å². The Bertz CT molecular complexity index is 549. The SMILES string of the molecule is COC(=O)CC(C)S(=O)Cc1ccc([N+](=O)[O-])cc1Br. The number of ether oxygens (including phenoxy) is 1. The van der Waals surface area contributed by atoms with Crippen LogP contribution < -0.4 is 0 Å². The van der Waals surface area contributed by atoms with E-state index in [0.717, 1.165) is 0 Å². The van der Waals surface area contributed by atoms with Crippen molar-refractivity contribution in [3.63, 3.8) is 0 Å². The number of halogens is 1. The molecule has 0 amide bonds. The van der Waals surface area contributed by atoms with Gasteiger partial charge in [0.05, 0.1) is 18.5 Å². The van der Waals surface area contributed by atoms with E-state index in [1.807, 2.05) is 0 Å². The lowest BCUT2D eigenvalue weighted by Gasteiger charge is -2.11. The number of methoxy groups -OCH3 is 1. The molecule has 0 fully saturated rings. The van der Waals surface area contributed by atoms with E-state index in [4.69, 9.17) is 0 Å². The van der Waals surface area contributed by atoms with Crippen LogP contribution in [0.25, 0.3) is 0 Å². The molecule has 6 nitrogen and oxygen atoms in total. The van der Waals surface area contributed by atoms with Crippen LogP contribution in [0.3, 0.4) is 0 Å².